The summed E-state index contributed by atoms with van der Waals surface area (Å²) >= 11 is 3.25. The number of hydrogen-bond donors (Lipinski definition) is 0. The van der Waals surface area contributed by atoms with Gasteiger partial charge in [-0.15, -0.1) is 0 Å². The van der Waals surface area contributed by atoms with Crippen molar-refractivity contribution in [2.24, 2.45) is 0 Å². The van der Waals surface area contributed by atoms with Crippen LogP contribution >= 0.6 is 15.9 Å². The van der Waals surface area contributed by atoms with E-state index < -0.39 is 8.32 Å². The number of carbonyl (C=O) groups excluding carboxylic acids is 1. The van der Waals surface area contributed by atoms with Crippen LogP contribution in [0.3, 0.4) is 0 Å². The summed E-state index contributed by atoms with van der Waals surface area (Å²) in [6, 6.07) is 0. The molecule has 0 aromatic heterocycles. The molecule has 0 aliphatic rings. The van der Waals surface area contributed by atoms with E-state index in [9.17, 15) is 4.79 Å². The van der Waals surface area contributed by atoms with Crippen molar-refractivity contribution in [3.63, 3.8) is 0 Å². The van der Waals surface area contributed by atoms with E-state index in [1.165, 1.54) is 0 Å². The minimum absolute atomic E-state index is 0.00999. The molecule has 20 heavy (non-hydrogen) atoms. The summed E-state index contributed by atoms with van der Waals surface area (Å²) < 4.78 is 6.41. The Bertz CT molecular complexity index is 390. The standard InChI is InChI=1S/C16H27BrO2Si/c1-14(10-12-18)13-15(9-7-8-11-17)19-20(5,6)16(2,3)4/h7-12,15H,13H2,1-6H3/b9-7+,11-8+,14-10+/t15-/m0/s1. The zero-order valence-corrected chi connectivity index (χ0v) is 16.0. The van der Waals surface area contributed by atoms with Crippen LogP contribution in [-0.2, 0) is 9.22 Å². The summed E-state index contributed by atoms with van der Waals surface area (Å²) in [5.74, 6) is 0. The van der Waals surface area contributed by atoms with Gasteiger partial charge in [-0.05, 0) is 42.5 Å². The molecule has 2 nitrogen and oxygen atoms in total. The van der Waals surface area contributed by atoms with Crippen molar-refractivity contribution in [1.82, 2.24) is 0 Å². The Morgan fingerprint density at radius 1 is 1.30 bits per heavy atom. The fourth-order valence-corrected chi connectivity index (χ4v) is 2.88. The van der Waals surface area contributed by atoms with Crippen molar-refractivity contribution in [1.29, 1.82) is 0 Å². The average molecular weight is 359 g/mol. The fourth-order valence-electron chi connectivity index (χ4n) is 1.44. The lowest BCUT2D eigenvalue weighted by atomic mass is 10.1. The van der Waals surface area contributed by atoms with Crippen molar-refractivity contribution in [2.75, 3.05) is 0 Å². The fraction of sp³-hybridized carbons (Fsp3) is 0.562. The summed E-state index contributed by atoms with van der Waals surface area (Å²) in [6.45, 7) is 13.1. The normalized spacial score (nSPS) is 16.1. The van der Waals surface area contributed by atoms with Gasteiger partial charge in [0.25, 0.3) is 0 Å². The van der Waals surface area contributed by atoms with Gasteiger partial charge >= 0.3 is 0 Å². The molecule has 0 fully saturated rings. The lowest BCUT2D eigenvalue weighted by Crippen LogP contribution is -2.43. The van der Waals surface area contributed by atoms with E-state index in [4.69, 9.17) is 4.43 Å². The van der Waals surface area contributed by atoms with Crippen molar-refractivity contribution in [3.8, 4) is 0 Å². The zero-order valence-electron chi connectivity index (χ0n) is 13.4. The van der Waals surface area contributed by atoms with Crippen LogP contribution in [0.4, 0.5) is 0 Å². The number of rotatable bonds is 7. The summed E-state index contributed by atoms with van der Waals surface area (Å²) in [7, 11) is -1.82. The number of carbonyl (C=O) groups is 1. The first kappa shape index (κ1) is 19.5. The molecular formula is C16H27BrO2Si. The van der Waals surface area contributed by atoms with Gasteiger partial charge in [-0.2, -0.15) is 0 Å². The average Bonchev–Trinajstić information content (AvgIpc) is 2.27. The molecule has 0 aliphatic heterocycles. The van der Waals surface area contributed by atoms with Crippen LogP contribution in [0.5, 0.6) is 0 Å². The number of hydrogen-bond acceptors (Lipinski definition) is 2. The highest BCUT2D eigenvalue weighted by Gasteiger charge is 2.38. The van der Waals surface area contributed by atoms with E-state index in [0.29, 0.717) is 0 Å². The van der Waals surface area contributed by atoms with E-state index in [1.54, 1.807) is 11.1 Å². The number of allylic oxidation sites excluding steroid dienone is 3. The molecule has 0 saturated heterocycles. The van der Waals surface area contributed by atoms with Crippen LogP contribution in [0.25, 0.3) is 0 Å². The molecule has 0 amide bonds. The summed E-state index contributed by atoms with van der Waals surface area (Å²) in [6.07, 6.45) is 9.15. The second-order valence-corrected chi connectivity index (χ2v) is 11.8. The molecule has 0 spiro atoms. The molecule has 0 unspecified atom stereocenters. The summed E-state index contributed by atoms with van der Waals surface area (Å²) in [5.41, 5.74) is 1.04. The highest BCUT2D eigenvalue weighted by atomic mass is 79.9. The molecule has 0 rings (SSSR count). The summed E-state index contributed by atoms with van der Waals surface area (Å²) in [4.78, 5) is 12.4. The Kier molecular flexibility index (Phi) is 8.55. The first-order valence-electron chi connectivity index (χ1n) is 6.86. The van der Waals surface area contributed by atoms with E-state index in [0.717, 1.165) is 18.3 Å². The maximum atomic E-state index is 10.6. The maximum absolute atomic E-state index is 10.6. The van der Waals surface area contributed by atoms with E-state index in [2.05, 4.69) is 55.9 Å². The topological polar surface area (TPSA) is 26.3 Å². The largest absolute Gasteiger partial charge is 0.410 e. The molecule has 0 N–H and O–H groups in total. The van der Waals surface area contributed by atoms with Crippen LogP contribution in [-0.4, -0.2) is 20.7 Å². The molecular weight excluding hydrogens is 332 g/mol. The highest BCUT2D eigenvalue weighted by molar-refractivity contribution is 9.11. The lowest BCUT2D eigenvalue weighted by molar-refractivity contribution is -0.104. The van der Waals surface area contributed by atoms with Crippen molar-refractivity contribution < 1.29 is 9.22 Å². The molecule has 0 saturated carbocycles. The number of aldehydes is 1. The SMILES string of the molecule is C/C(=C\C=O)C[C@H](/C=C/C=C/Br)O[Si](C)(C)C(C)(C)C. The van der Waals surface area contributed by atoms with Crippen LogP contribution in [0.2, 0.25) is 18.1 Å². The second kappa shape index (κ2) is 8.75. The Balaban J connectivity index is 5.03. The number of halogens is 1. The minimum atomic E-state index is -1.82. The van der Waals surface area contributed by atoms with Crippen molar-refractivity contribution >= 4 is 30.5 Å². The lowest BCUT2D eigenvalue weighted by Gasteiger charge is -2.38. The van der Waals surface area contributed by atoms with Crippen molar-refractivity contribution in [2.45, 2.75) is 58.4 Å². The van der Waals surface area contributed by atoms with E-state index in [-0.39, 0.29) is 11.1 Å². The van der Waals surface area contributed by atoms with Gasteiger partial charge in [0, 0.05) is 0 Å². The molecule has 0 radical (unpaired) electrons. The smallest absolute Gasteiger partial charge is 0.192 e. The minimum Gasteiger partial charge on any atom is -0.410 e. The highest BCUT2D eigenvalue weighted by Crippen LogP contribution is 2.38. The molecule has 0 bridgehead atoms. The molecule has 0 aliphatic carbocycles. The molecule has 0 aromatic rings. The maximum Gasteiger partial charge on any atom is 0.192 e. The predicted octanol–water partition coefficient (Wildman–Crippen LogP) is 5.38. The monoisotopic (exact) mass is 358 g/mol. The summed E-state index contributed by atoms with van der Waals surface area (Å²) in [5, 5.41) is 0.173. The third-order valence-electron chi connectivity index (χ3n) is 3.64. The van der Waals surface area contributed by atoms with Gasteiger partial charge in [0.1, 0.15) is 6.29 Å². The van der Waals surface area contributed by atoms with Gasteiger partial charge < -0.3 is 4.43 Å². The van der Waals surface area contributed by atoms with Gasteiger partial charge in [0.15, 0.2) is 8.32 Å². The van der Waals surface area contributed by atoms with Gasteiger partial charge in [-0.1, -0.05) is 60.5 Å². The predicted molar refractivity (Wildman–Crippen MR) is 93.7 cm³/mol. The molecule has 1 atom stereocenters. The van der Waals surface area contributed by atoms with E-state index in [1.807, 2.05) is 19.1 Å². The third kappa shape index (κ3) is 7.36. The quantitative estimate of drug-likeness (QED) is 0.264. The van der Waals surface area contributed by atoms with E-state index >= 15 is 0 Å². The second-order valence-electron chi connectivity index (χ2n) is 6.47. The third-order valence-corrected chi connectivity index (χ3v) is 8.45. The Labute approximate surface area is 133 Å². The Hall–Kier alpha value is -0.453. The van der Waals surface area contributed by atoms with Crippen LogP contribution in [0.1, 0.15) is 34.1 Å². The molecule has 0 heterocycles. The Morgan fingerprint density at radius 3 is 2.35 bits per heavy atom. The van der Waals surface area contributed by atoms with Gasteiger partial charge in [-0.3, -0.25) is 4.79 Å². The van der Waals surface area contributed by atoms with Crippen molar-refractivity contribution in [3.05, 3.63) is 34.9 Å². The van der Waals surface area contributed by atoms with Crippen LogP contribution in [0, 0.1) is 0 Å². The van der Waals surface area contributed by atoms with Gasteiger partial charge in [0.05, 0.1) is 6.10 Å². The molecule has 0 aromatic carbocycles. The molecule has 114 valence electrons. The first-order valence-corrected chi connectivity index (χ1v) is 10.7. The van der Waals surface area contributed by atoms with Crippen LogP contribution < -0.4 is 0 Å². The van der Waals surface area contributed by atoms with Gasteiger partial charge in [-0.25, -0.2) is 0 Å². The first-order chi connectivity index (χ1) is 9.14. The van der Waals surface area contributed by atoms with Crippen LogP contribution in [0.15, 0.2) is 34.9 Å². The zero-order chi connectivity index (χ0) is 15.8. The van der Waals surface area contributed by atoms with Gasteiger partial charge in [0.2, 0.25) is 0 Å². The molecule has 4 heteroatoms. The Morgan fingerprint density at radius 2 is 1.90 bits per heavy atom.